The van der Waals surface area contributed by atoms with E-state index in [1.807, 2.05) is 6.92 Å². The zero-order valence-corrected chi connectivity index (χ0v) is 9.16. The molecule has 1 aliphatic heterocycles. The molecule has 4 nitrogen and oxygen atoms in total. The van der Waals surface area contributed by atoms with E-state index in [2.05, 4.69) is 0 Å². The van der Waals surface area contributed by atoms with Gasteiger partial charge < -0.3 is 14.2 Å². The quantitative estimate of drug-likeness (QED) is 0.718. The van der Waals surface area contributed by atoms with Crippen molar-refractivity contribution in [2.45, 2.75) is 45.1 Å². The van der Waals surface area contributed by atoms with Gasteiger partial charge in [-0.15, -0.1) is 0 Å². The van der Waals surface area contributed by atoms with Crippen LogP contribution in [0.5, 0.6) is 0 Å². The average molecular weight is 208 g/mol. The van der Waals surface area contributed by atoms with E-state index in [9.17, 15) is 9.46 Å². The predicted octanol–water partition coefficient (Wildman–Crippen LogP) is 1.77. The topological polar surface area (TPSA) is 55.8 Å². The van der Waals surface area contributed by atoms with Crippen LogP contribution >= 0.6 is 7.60 Å². The van der Waals surface area contributed by atoms with Crippen molar-refractivity contribution in [3.05, 3.63) is 0 Å². The normalized spacial score (nSPS) is 33.6. The Hall–Kier alpha value is 0.110. The van der Waals surface area contributed by atoms with Crippen LogP contribution in [0.1, 0.15) is 27.2 Å². The van der Waals surface area contributed by atoms with Gasteiger partial charge in [0.25, 0.3) is 0 Å². The molecule has 13 heavy (non-hydrogen) atoms. The standard InChI is InChI=1S/C8H17O4P/c1-6(2)13(9,10)12-8-4-7(3)11-5-8/h6-8H,4-5H2,1-3H3,(H,9,10)/t7-,8-/m0/s1. The highest BCUT2D eigenvalue weighted by molar-refractivity contribution is 7.53. The van der Waals surface area contributed by atoms with E-state index >= 15 is 0 Å². The third kappa shape index (κ3) is 3.06. The van der Waals surface area contributed by atoms with Crippen LogP contribution in [0.4, 0.5) is 0 Å². The molecule has 1 N–H and O–H groups in total. The average Bonchev–Trinajstić information content (AvgIpc) is 2.34. The molecule has 0 bridgehead atoms. The summed E-state index contributed by atoms with van der Waals surface area (Å²) in [6.07, 6.45) is 0.627. The molecule has 78 valence electrons. The lowest BCUT2D eigenvalue weighted by molar-refractivity contribution is 0.0991. The fourth-order valence-corrected chi connectivity index (χ4v) is 2.00. The van der Waals surface area contributed by atoms with E-state index in [1.165, 1.54) is 0 Å². The highest BCUT2D eigenvalue weighted by Crippen LogP contribution is 2.49. The molecule has 0 aromatic rings. The third-order valence-corrected chi connectivity index (χ3v) is 4.02. The second-order valence-corrected chi connectivity index (χ2v) is 6.14. The van der Waals surface area contributed by atoms with Gasteiger partial charge in [0, 0.05) is 6.42 Å². The Balaban J connectivity index is 2.45. The smallest absolute Gasteiger partial charge is 0.330 e. The molecule has 1 aliphatic rings. The van der Waals surface area contributed by atoms with Gasteiger partial charge in [0.05, 0.1) is 24.5 Å². The second-order valence-electron chi connectivity index (χ2n) is 3.76. The molecular formula is C8H17O4P. The summed E-state index contributed by atoms with van der Waals surface area (Å²) in [5.74, 6) is 0. The Morgan fingerprint density at radius 3 is 2.62 bits per heavy atom. The third-order valence-electron chi connectivity index (χ3n) is 2.11. The second kappa shape index (κ2) is 4.09. The molecule has 0 spiro atoms. The molecule has 0 aromatic carbocycles. The lowest BCUT2D eigenvalue weighted by atomic mass is 10.2. The molecule has 0 saturated carbocycles. The van der Waals surface area contributed by atoms with Crippen molar-refractivity contribution in [2.75, 3.05) is 6.61 Å². The van der Waals surface area contributed by atoms with Crippen LogP contribution in [0.15, 0.2) is 0 Å². The fourth-order valence-electron chi connectivity index (χ4n) is 1.19. The van der Waals surface area contributed by atoms with E-state index < -0.39 is 7.60 Å². The van der Waals surface area contributed by atoms with Crippen LogP contribution < -0.4 is 0 Å². The minimum Gasteiger partial charge on any atom is -0.376 e. The summed E-state index contributed by atoms with van der Waals surface area (Å²) in [5.41, 5.74) is -0.344. The van der Waals surface area contributed by atoms with E-state index in [0.29, 0.717) is 13.0 Å². The van der Waals surface area contributed by atoms with Gasteiger partial charge in [0.2, 0.25) is 0 Å². The minimum absolute atomic E-state index is 0.136. The Morgan fingerprint density at radius 1 is 1.62 bits per heavy atom. The monoisotopic (exact) mass is 208 g/mol. The van der Waals surface area contributed by atoms with Gasteiger partial charge in [-0.1, -0.05) is 13.8 Å². The molecule has 1 rings (SSSR count). The van der Waals surface area contributed by atoms with Crippen molar-refractivity contribution in [2.24, 2.45) is 0 Å². The Morgan fingerprint density at radius 2 is 2.23 bits per heavy atom. The van der Waals surface area contributed by atoms with Gasteiger partial charge in [-0.3, -0.25) is 4.57 Å². The molecule has 0 radical (unpaired) electrons. The van der Waals surface area contributed by atoms with Crippen LogP contribution in [0.25, 0.3) is 0 Å². The number of ether oxygens (including phenoxy) is 1. The van der Waals surface area contributed by atoms with Gasteiger partial charge >= 0.3 is 7.60 Å². The molecule has 1 unspecified atom stereocenters. The van der Waals surface area contributed by atoms with Crippen molar-refractivity contribution in [1.29, 1.82) is 0 Å². The maximum Gasteiger partial charge on any atom is 0.330 e. The summed E-state index contributed by atoms with van der Waals surface area (Å²) in [6, 6.07) is 0. The highest BCUT2D eigenvalue weighted by Gasteiger charge is 2.32. The van der Waals surface area contributed by atoms with Crippen LogP contribution in [0.2, 0.25) is 0 Å². The summed E-state index contributed by atoms with van der Waals surface area (Å²) in [6.45, 7) is 5.72. The molecular weight excluding hydrogens is 191 g/mol. The lowest BCUT2D eigenvalue weighted by Crippen LogP contribution is -2.14. The number of hydrogen-bond donors (Lipinski definition) is 1. The van der Waals surface area contributed by atoms with Crippen LogP contribution in [-0.2, 0) is 13.8 Å². The molecule has 1 fully saturated rings. The zero-order valence-electron chi connectivity index (χ0n) is 8.27. The summed E-state index contributed by atoms with van der Waals surface area (Å²) in [7, 11) is -3.42. The summed E-state index contributed by atoms with van der Waals surface area (Å²) in [4.78, 5) is 9.42. The van der Waals surface area contributed by atoms with Gasteiger partial charge in [-0.2, -0.15) is 0 Å². The summed E-state index contributed by atoms with van der Waals surface area (Å²) >= 11 is 0. The maximum absolute atomic E-state index is 11.5. The SMILES string of the molecule is CC(C)P(=O)(O)O[C@@H]1CO[C@@H](C)C1. The number of hydrogen-bond acceptors (Lipinski definition) is 3. The minimum atomic E-state index is -3.42. The largest absolute Gasteiger partial charge is 0.376 e. The van der Waals surface area contributed by atoms with Crippen molar-refractivity contribution >= 4 is 7.60 Å². The Bertz CT molecular complexity index is 216. The molecule has 0 amide bonds. The fraction of sp³-hybridized carbons (Fsp3) is 1.00. The van der Waals surface area contributed by atoms with Crippen LogP contribution in [-0.4, -0.2) is 29.4 Å². The van der Waals surface area contributed by atoms with Crippen molar-refractivity contribution < 1.29 is 18.7 Å². The molecule has 1 heterocycles. The van der Waals surface area contributed by atoms with Crippen LogP contribution in [0.3, 0.4) is 0 Å². The first kappa shape index (κ1) is 11.2. The first-order chi connectivity index (χ1) is 5.92. The summed E-state index contributed by atoms with van der Waals surface area (Å²) in [5, 5.41) is 0. The van der Waals surface area contributed by atoms with Gasteiger partial charge in [-0.05, 0) is 6.92 Å². The number of rotatable bonds is 3. The molecule has 1 saturated heterocycles. The van der Waals surface area contributed by atoms with E-state index in [-0.39, 0.29) is 17.9 Å². The van der Waals surface area contributed by atoms with Crippen molar-refractivity contribution in [3.63, 3.8) is 0 Å². The first-order valence-corrected chi connectivity index (χ1v) is 6.19. The van der Waals surface area contributed by atoms with E-state index in [1.54, 1.807) is 13.8 Å². The molecule has 0 aliphatic carbocycles. The highest BCUT2D eigenvalue weighted by atomic mass is 31.2. The molecule has 5 heteroatoms. The summed E-state index contributed by atoms with van der Waals surface area (Å²) < 4.78 is 21.8. The van der Waals surface area contributed by atoms with E-state index in [4.69, 9.17) is 9.26 Å². The van der Waals surface area contributed by atoms with Crippen molar-refractivity contribution in [1.82, 2.24) is 0 Å². The van der Waals surface area contributed by atoms with Gasteiger partial charge in [0.1, 0.15) is 0 Å². The first-order valence-electron chi connectivity index (χ1n) is 4.54. The zero-order chi connectivity index (χ0) is 10.1. The molecule has 0 aromatic heterocycles. The maximum atomic E-state index is 11.5. The molecule has 3 atom stereocenters. The van der Waals surface area contributed by atoms with Gasteiger partial charge in [0.15, 0.2) is 0 Å². The Labute approximate surface area is 78.8 Å². The Kier molecular flexibility index (Phi) is 3.52. The predicted molar refractivity (Wildman–Crippen MR) is 49.9 cm³/mol. The van der Waals surface area contributed by atoms with Crippen molar-refractivity contribution in [3.8, 4) is 0 Å². The van der Waals surface area contributed by atoms with Crippen LogP contribution in [0, 0.1) is 0 Å². The van der Waals surface area contributed by atoms with Gasteiger partial charge in [-0.25, -0.2) is 0 Å². The lowest BCUT2D eigenvalue weighted by Gasteiger charge is -2.18. The van der Waals surface area contributed by atoms with E-state index in [0.717, 1.165) is 0 Å².